The number of benzene rings is 2. The summed E-state index contributed by atoms with van der Waals surface area (Å²) in [4.78, 5) is 29.2. The number of rotatable bonds is 7. The quantitative estimate of drug-likeness (QED) is 0.532. The number of pyridine rings is 1. The minimum Gasteiger partial charge on any atom is -0.322 e. The van der Waals surface area contributed by atoms with Crippen LogP contribution in [0, 0.1) is 5.92 Å². The Kier molecular flexibility index (Phi) is 6.81. The predicted molar refractivity (Wildman–Crippen MR) is 115 cm³/mol. The summed E-state index contributed by atoms with van der Waals surface area (Å²) in [7, 11) is 0. The van der Waals surface area contributed by atoms with Gasteiger partial charge in [0.15, 0.2) is 0 Å². The van der Waals surface area contributed by atoms with Gasteiger partial charge in [0.2, 0.25) is 5.91 Å². The highest BCUT2D eigenvalue weighted by Crippen LogP contribution is 2.15. The Bertz CT molecular complexity index is 933. The largest absolute Gasteiger partial charge is 0.322 e. The van der Waals surface area contributed by atoms with E-state index < -0.39 is 0 Å². The van der Waals surface area contributed by atoms with Gasteiger partial charge in [0.25, 0.3) is 5.91 Å². The van der Waals surface area contributed by atoms with Gasteiger partial charge in [-0.2, -0.15) is 12.6 Å². The molecule has 1 heterocycles. The summed E-state index contributed by atoms with van der Waals surface area (Å²) >= 11 is 4.31. The topological polar surface area (TPSA) is 71.1 Å². The van der Waals surface area contributed by atoms with Crippen LogP contribution in [0.4, 0.5) is 11.5 Å². The summed E-state index contributed by atoms with van der Waals surface area (Å²) in [5.74, 6) is 0.0144. The van der Waals surface area contributed by atoms with Crippen LogP contribution in [0.3, 0.4) is 0 Å². The Morgan fingerprint density at radius 2 is 1.61 bits per heavy atom. The summed E-state index contributed by atoms with van der Waals surface area (Å²) < 4.78 is 0. The molecule has 1 atom stereocenters. The van der Waals surface area contributed by atoms with Crippen LogP contribution in [0.5, 0.6) is 0 Å². The van der Waals surface area contributed by atoms with Gasteiger partial charge in [0, 0.05) is 23.2 Å². The van der Waals surface area contributed by atoms with E-state index in [1.807, 2.05) is 60.7 Å². The molecular weight excluding hydrogens is 370 g/mol. The summed E-state index contributed by atoms with van der Waals surface area (Å²) in [6, 6.07) is 22.1. The second-order valence-corrected chi connectivity index (χ2v) is 6.67. The molecule has 0 bridgehead atoms. The van der Waals surface area contributed by atoms with Gasteiger partial charge in [-0.3, -0.25) is 9.59 Å². The lowest BCUT2D eigenvalue weighted by atomic mass is 10.0. The number of carbonyl (C=O) groups excluding carboxylic acids is 2. The summed E-state index contributed by atoms with van der Waals surface area (Å²) in [5.41, 5.74) is 2.19. The molecular formula is C22H21N3O2S. The van der Waals surface area contributed by atoms with Crippen molar-refractivity contribution in [3.63, 3.8) is 0 Å². The first-order valence-electron chi connectivity index (χ1n) is 8.94. The third kappa shape index (κ3) is 5.44. The van der Waals surface area contributed by atoms with Crippen LogP contribution in [0.2, 0.25) is 0 Å². The number of para-hydroxylation sites is 1. The van der Waals surface area contributed by atoms with E-state index in [0.29, 0.717) is 29.2 Å². The molecule has 0 aliphatic carbocycles. The second kappa shape index (κ2) is 9.71. The molecule has 0 aliphatic rings. The first-order chi connectivity index (χ1) is 13.7. The minimum absolute atomic E-state index is 0.174. The number of amides is 2. The Balaban J connectivity index is 1.66. The monoisotopic (exact) mass is 391 g/mol. The molecule has 5 nitrogen and oxygen atoms in total. The maximum atomic E-state index is 12.6. The van der Waals surface area contributed by atoms with Crippen molar-refractivity contribution < 1.29 is 9.59 Å². The van der Waals surface area contributed by atoms with Crippen molar-refractivity contribution in [2.75, 3.05) is 16.4 Å². The van der Waals surface area contributed by atoms with Crippen LogP contribution in [0.1, 0.15) is 15.9 Å². The second-order valence-electron chi connectivity index (χ2n) is 6.31. The number of thiol groups is 1. The number of hydrogen-bond acceptors (Lipinski definition) is 4. The Hall–Kier alpha value is -3.12. The fourth-order valence-corrected chi connectivity index (χ4v) is 3.03. The summed E-state index contributed by atoms with van der Waals surface area (Å²) in [6.07, 6.45) is 2.09. The van der Waals surface area contributed by atoms with Crippen molar-refractivity contribution in [3.8, 4) is 0 Å². The van der Waals surface area contributed by atoms with Crippen molar-refractivity contribution in [1.29, 1.82) is 0 Å². The SMILES string of the molecule is O=C(Nc1ccccc1)c1ccnc(NC(=O)C(CS)Cc2ccccc2)c1. The molecule has 0 spiro atoms. The zero-order valence-corrected chi connectivity index (χ0v) is 16.1. The lowest BCUT2D eigenvalue weighted by Crippen LogP contribution is -2.26. The average Bonchev–Trinajstić information content (AvgIpc) is 2.73. The van der Waals surface area contributed by atoms with Crippen LogP contribution in [-0.4, -0.2) is 22.6 Å². The molecule has 0 radical (unpaired) electrons. The van der Waals surface area contributed by atoms with Crippen molar-refractivity contribution in [2.45, 2.75) is 6.42 Å². The van der Waals surface area contributed by atoms with E-state index in [-0.39, 0.29) is 17.7 Å². The number of aromatic nitrogens is 1. The van der Waals surface area contributed by atoms with Gasteiger partial charge in [-0.15, -0.1) is 0 Å². The number of anilines is 2. The molecule has 0 aliphatic heterocycles. The van der Waals surface area contributed by atoms with Crippen LogP contribution in [-0.2, 0) is 11.2 Å². The minimum atomic E-state index is -0.297. The Morgan fingerprint density at radius 1 is 0.929 bits per heavy atom. The Labute approximate surface area is 169 Å². The molecule has 2 amide bonds. The number of nitrogens with zero attached hydrogens (tertiary/aromatic N) is 1. The molecule has 1 aromatic heterocycles. The highest BCUT2D eigenvalue weighted by atomic mass is 32.1. The zero-order valence-electron chi connectivity index (χ0n) is 15.2. The smallest absolute Gasteiger partial charge is 0.255 e. The van der Waals surface area contributed by atoms with E-state index in [1.54, 1.807) is 12.1 Å². The van der Waals surface area contributed by atoms with Gasteiger partial charge in [0.05, 0.1) is 5.92 Å². The highest BCUT2D eigenvalue weighted by molar-refractivity contribution is 7.80. The number of nitrogens with one attached hydrogen (secondary N) is 2. The van der Waals surface area contributed by atoms with Gasteiger partial charge >= 0.3 is 0 Å². The molecule has 3 rings (SSSR count). The first kappa shape index (κ1) is 19.6. The molecule has 28 heavy (non-hydrogen) atoms. The van der Waals surface area contributed by atoms with E-state index in [1.165, 1.54) is 6.20 Å². The van der Waals surface area contributed by atoms with Crippen molar-refractivity contribution in [1.82, 2.24) is 4.98 Å². The average molecular weight is 391 g/mol. The van der Waals surface area contributed by atoms with E-state index in [2.05, 4.69) is 28.2 Å². The van der Waals surface area contributed by atoms with E-state index in [9.17, 15) is 9.59 Å². The van der Waals surface area contributed by atoms with Crippen LogP contribution in [0.15, 0.2) is 79.0 Å². The number of carbonyl (C=O) groups is 2. The molecule has 3 aromatic rings. The van der Waals surface area contributed by atoms with E-state index >= 15 is 0 Å². The lowest BCUT2D eigenvalue weighted by molar-refractivity contribution is -0.119. The van der Waals surface area contributed by atoms with E-state index in [0.717, 1.165) is 5.56 Å². The van der Waals surface area contributed by atoms with Crippen molar-refractivity contribution in [2.24, 2.45) is 5.92 Å². The third-order valence-corrected chi connectivity index (χ3v) is 4.66. The first-order valence-corrected chi connectivity index (χ1v) is 9.57. The molecule has 1 unspecified atom stereocenters. The normalized spacial score (nSPS) is 11.5. The molecule has 142 valence electrons. The molecule has 2 N–H and O–H groups in total. The lowest BCUT2D eigenvalue weighted by Gasteiger charge is -2.15. The maximum Gasteiger partial charge on any atom is 0.255 e. The molecule has 0 saturated heterocycles. The molecule has 0 fully saturated rings. The predicted octanol–water partition coefficient (Wildman–Crippen LogP) is 4.06. The fraction of sp³-hybridized carbons (Fsp3) is 0.136. The van der Waals surface area contributed by atoms with E-state index in [4.69, 9.17) is 0 Å². The maximum absolute atomic E-state index is 12.6. The third-order valence-electron chi connectivity index (χ3n) is 4.22. The molecule has 6 heteroatoms. The van der Waals surface area contributed by atoms with Gasteiger partial charge in [-0.05, 0) is 36.2 Å². The van der Waals surface area contributed by atoms with Gasteiger partial charge in [-0.25, -0.2) is 4.98 Å². The van der Waals surface area contributed by atoms with Gasteiger partial charge in [-0.1, -0.05) is 48.5 Å². The summed E-state index contributed by atoms with van der Waals surface area (Å²) in [6.45, 7) is 0. The van der Waals surface area contributed by atoms with Crippen LogP contribution < -0.4 is 10.6 Å². The highest BCUT2D eigenvalue weighted by Gasteiger charge is 2.18. The van der Waals surface area contributed by atoms with Gasteiger partial charge in [0.1, 0.15) is 5.82 Å². The molecule has 2 aromatic carbocycles. The van der Waals surface area contributed by atoms with Crippen LogP contribution in [0.25, 0.3) is 0 Å². The number of hydrogen-bond donors (Lipinski definition) is 3. The fourth-order valence-electron chi connectivity index (χ4n) is 2.73. The van der Waals surface area contributed by atoms with Gasteiger partial charge < -0.3 is 10.6 Å². The molecule has 0 saturated carbocycles. The van der Waals surface area contributed by atoms with Crippen LogP contribution >= 0.6 is 12.6 Å². The Morgan fingerprint density at radius 3 is 2.29 bits per heavy atom. The summed E-state index contributed by atoms with van der Waals surface area (Å²) in [5, 5.41) is 5.61. The van der Waals surface area contributed by atoms with Crippen molar-refractivity contribution >= 4 is 35.9 Å². The standard InChI is InChI=1S/C22H21N3O2S/c26-21(24-19-9-5-2-6-10-19)17-11-12-23-20(14-17)25-22(27)18(15-28)13-16-7-3-1-4-8-16/h1-12,14,18,28H,13,15H2,(H,24,26)(H,23,25,27). The van der Waals surface area contributed by atoms with Crippen molar-refractivity contribution in [3.05, 3.63) is 90.1 Å². The zero-order chi connectivity index (χ0) is 19.8.